The van der Waals surface area contributed by atoms with Crippen LogP contribution in [-0.4, -0.2) is 4.98 Å². The van der Waals surface area contributed by atoms with Crippen molar-refractivity contribution < 1.29 is 8.78 Å². The molecule has 1 atom stereocenters. The molecule has 2 rings (SSSR count). The molecule has 16 heavy (non-hydrogen) atoms. The van der Waals surface area contributed by atoms with Gasteiger partial charge in [0, 0.05) is 23.3 Å². The minimum absolute atomic E-state index is 0.0683. The molecule has 1 aromatic heterocycles. The molecule has 0 fully saturated rings. The Morgan fingerprint density at radius 3 is 2.50 bits per heavy atom. The van der Waals surface area contributed by atoms with E-state index in [1.54, 1.807) is 6.20 Å². The Bertz CT molecular complexity index is 451. The lowest BCUT2D eigenvalue weighted by atomic mass is 10.2. The van der Waals surface area contributed by atoms with Crippen LogP contribution in [0.25, 0.3) is 0 Å². The summed E-state index contributed by atoms with van der Waals surface area (Å²) in [5.41, 5.74) is 0.417. The van der Waals surface area contributed by atoms with Gasteiger partial charge in [-0.3, -0.25) is 0 Å². The molecule has 0 aliphatic heterocycles. The van der Waals surface area contributed by atoms with Gasteiger partial charge in [0.2, 0.25) is 0 Å². The Labute approximate surface area is 96.0 Å². The SMILES string of the molecule is CC(Nc1cc(F)cc(F)c1)c1nccs1. The lowest BCUT2D eigenvalue weighted by Gasteiger charge is -2.12. The third-order valence-electron chi connectivity index (χ3n) is 2.07. The first-order chi connectivity index (χ1) is 7.65. The van der Waals surface area contributed by atoms with Crippen LogP contribution < -0.4 is 5.32 Å². The summed E-state index contributed by atoms with van der Waals surface area (Å²) < 4.78 is 25.9. The van der Waals surface area contributed by atoms with Crippen molar-refractivity contribution >= 4 is 17.0 Å². The van der Waals surface area contributed by atoms with E-state index in [-0.39, 0.29) is 6.04 Å². The second-order valence-corrected chi connectivity index (χ2v) is 4.32. The van der Waals surface area contributed by atoms with Crippen LogP contribution in [0.3, 0.4) is 0 Å². The van der Waals surface area contributed by atoms with Gasteiger partial charge in [-0.05, 0) is 19.1 Å². The van der Waals surface area contributed by atoms with Gasteiger partial charge in [-0.25, -0.2) is 13.8 Å². The van der Waals surface area contributed by atoms with Crippen LogP contribution in [0.2, 0.25) is 0 Å². The van der Waals surface area contributed by atoms with Gasteiger partial charge in [0.15, 0.2) is 0 Å². The molecule has 1 heterocycles. The highest BCUT2D eigenvalue weighted by atomic mass is 32.1. The molecular formula is C11H10F2N2S. The summed E-state index contributed by atoms with van der Waals surface area (Å²) in [5, 5.41) is 5.73. The summed E-state index contributed by atoms with van der Waals surface area (Å²) in [6.45, 7) is 1.89. The summed E-state index contributed by atoms with van der Waals surface area (Å²) in [7, 11) is 0. The van der Waals surface area contributed by atoms with Crippen LogP contribution in [-0.2, 0) is 0 Å². The molecule has 0 bridgehead atoms. The maximum atomic E-state index is 12.9. The topological polar surface area (TPSA) is 24.9 Å². The van der Waals surface area contributed by atoms with E-state index in [1.807, 2.05) is 12.3 Å². The van der Waals surface area contributed by atoms with Gasteiger partial charge < -0.3 is 5.32 Å². The molecule has 0 saturated heterocycles. The summed E-state index contributed by atoms with van der Waals surface area (Å²) in [4.78, 5) is 4.13. The Morgan fingerprint density at radius 1 is 1.25 bits per heavy atom. The second-order valence-electron chi connectivity index (χ2n) is 3.39. The number of hydrogen-bond donors (Lipinski definition) is 1. The first-order valence-electron chi connectivity index (χ1n) is 4.77. The summed E-state index contributed by atoms with van der Waals surface area (Å²) >= 11 is 1.50. The van der Waals surface area contributed by atoms with Crippen molar-refractivity contribution in [1.82, 2.24) is 4.98 Å². The number of aromatic nitrogens is 1. The zero-order chi connectivity index (χ0) is 11.5. The van der Waals surface area contributed by atoms with Crippen LogP contribution in [0.15, 0.2) is 29.8 Å². The fourth-order valence-corrected chi connectivity index (χ4v) is 2.04. The Kier molecular flexibility index (Phi) is 3.14. The highest BCUT2D eigenvalue weighted by Crippen LogP contribution is 2.22. The van der Waals surface area contributed by atoms with Crippen LogP contribution in [0, 0.1) is 11.6 Å². The van der Waals surface area contributed by atoms with E-state index in [4.69, 9.17) is 0 Å². The van der Waals surface area contributed by atoms with Gasteiger partial charge in [0.1, 0.15) is 16.6 Å². The van der Waals surface area contributed by atoms with E-state index < -0.39 is 11.6 Å². The average Bonchev–Trinajstić information content (AvgIpc) is 2.68. The number of hydrogen-bond acceptors (Lipinski definition) is 3. The largest absolute Gasteiger partial charge is 0.376 e. The van der Waals surface area contributed by atoms with Gasteiger partial charge in [0.25, 0.3) is 0 Å². The molecule has 1 aromatic carbocycles. The number of anilines is 1. The summed E-state index contributed by atoms with van der Waals surface area (Å²) in [5.74, 6) is -1.18. The number of benzene rings is 1. The van der Waals surface area contributed by atoms with Crippen LogP contribution in [0.4, 0.5) is 14.5 Å². The molecule has 2 nitrogen and oxygen atoms in total. The van der Waals surface area contributed by atoms with E-state index in [0.29, 0.717) is 5.69 Å². The summed E-state index contributed by atoms with van der Waals surface area (Å²) in [6.07, 6.45) is 1.70. The van der Waals surface area contributed by atoms with Crippen LogP contribution in [0.5, 0.6) is 0 Å². The molecule has 1 N–H and O–H groups in total. The van der Waals surface area contributed by atoms with Crippen molar-refractivity contribution in [2.75, 3.05) is 5.32 Å². The molecular weight excluding hydrogens is 230 g/mol. The third-order valence-corrected chi connectivity index (χ3v) is 3.03. The Hall–Kier alpha value is -1.49. The first kappa shape index (κ1) is 11.0. The first-order valence-corrected chi connectivity index (χ1v) is 5.65. The quantitative estimate of drug-likeness (QED) is 0.886. The van der Waals surface area contributed by atoms with E-state index in [0.717, 1.165) is 11.1 Å². The number of nitrogens with zero attached hydrogens (tertiary/aromatic N) is 1. The average molecular weight is 240 g/mol. The zero-order valence-electron chi connectivity index (χ0n) is 8.58. The maximum absolute atomic E-state index is 12.9. The van der Waals surface area contributed by atoms with Crippen molar-refractivity contribution in [3.05, 3.63) is 46.4 Å². The third kappa shape index (κ3) is 2.55. The lowest BCUT2D eigenvalue weighted by Crippen LogP contribution is -2.06. The van der Waals surface area contributed by atoms with Crippen molar-refractivity contribution in [1.29, 1.82) is 0 Å². The Balaban J connectivity index is 2.15. The molecule has 0 amide bonds. The molecule has 0 radical (unpaired) electrons. The van der Waals surface area contributed by atoms with Crippen LogP contribution in [0.1, 0.15) is 18.0 Å². The lowest BCUT2D eigenvalue weighted by molar-refractivity contribution is 0.583. The van der Waals surface area contributed by atoms with Gasteiger partial charge >= 0.3 is 0 Å². The molecule has 0 aliphatic rings. The standard InChI is InChI=1S/C11H10F2N2S/c1-7(11-14-2-3-16-11)15-10-5-8(12)4-9(13)6-10/h2-7,15H,1H3. The molecule has 5 heteroatoms. The molecule has 0 aliphatic carbocycles. The van der Waals surface area contributed by atoms with Gasteiger partial charge in [-0.1, -0.05) is 0 Å². The minimum atomic E-state index is -0.589. The number of nitrogens with one attached hydrogen (secondary N) is 1. The number of halogens is 2. The van der Waals surface area contributed by atoms with Gasteiger partial charge in [-0.15, -0.1) is 11.3 Å². The fraction of sp³-hybridized carbons (Fsp3) is 0.182. The van der Waals surface area contributed by atoms with E-state index in [2.05, 4.69) is 10.3 Å². The highest BCUT2D eigenvalue weighted by Gasteiger charge is 2.08. The zero-order valence-corrected chi connectivity index (χ0v) is 9.39. The van der Waals surface area contributed by atoms with Crippen LogP contribution >= 0.6 is 11.3 Å². The molecule has 0 saturated carbocycles. The molecule has 1 unspecified atom stereocenters. The summed E-state index contributed by atoms with van der Waals surface area (Å²) in [6, 6.07) is 3.29. The monoisotopic (exact) mass is 240 g/mol. The Morgan fingerprint density at radius 2 is 1.94 bits per heavy atom. The molecule has 84 valence electrons. The maximum Gasteiger partial charge on any atom is 0.128 e. The fourth-order valence-electron chi connectivity index (χ4n) is 1.40. The van der Waals surface area contributed by atoms with Gasteiger partial charge in [-0.2, -0.15) is 0 Å². The molecule has 2 aromatic rings. The highest BCUT2D eigenvalue weighted by molar-refractivity contribution is 7.09. The van der Waals surface area contributed by atoms with Crippen molar-refractivity contribution in [3.8, 4) is 0 Å². The number of thiazole rings is 1. The predicted octanol–water partition coefficient (Wildman–Crippen LogP) is 3.59. The van der Waals surface area contributed by atoms with Crippen molar-refractivity contribution in [2.45, 2.75) is 13.0 Å². The smallest absolute Gasteiger partial charge is 0.128 e. The van der Waals surface area contributed by atoms with E-state index in [1.165, 1.54) is 23.5 Å². The molecule has 0 spiro atoms. The number of rotatable bonds is 3. The second kappa shape index (κ2) is 4.57. The van der Waals surface area contributed by atoms with Gasteiger partial charge in [0.05, 0.1) is 6.04 Å². The van der Waals surface area contributed by atoms with E-state index in [9.17, 15) is 8.78 Å². The minimum Gasteiger partial charge on any atom is -0.376 e. The van der Waals surface area contributed by atoms with Crippen molar-refractivity contribution in [2.24, 2.45) is 0 Å². The van der Waals surface area contributed by atoms with Crippen molar-refractivity contribution in [3.63, 3.8) is 0 Å². The predicted molar refractivity (Wildman–Crippen MR) is 60.5 cm³/mol. The normalized spacial score (nSPS) is 12.4. The van der Waals surface area contributed by atoms with E-state index >= 15 is 0 Å².